The van der Waals surface area contributed by atoms with Crippen molar-refractivity contribution in [2.75, 3.05) is 11.9 Å². The number of hydrogen-bond donors (Lipinski definition) is 2. The lowest BCUT2D eigenvalue weighted by atomic mass is 10.1. The minimum atomic E-state index is -0.681. The highest BCUT2D eigenvalue weighted by Gasteiger charge is 2.24. The Hall–Kier alpha value is -1.89. The summed E-state index contributed by atoms with van der Waals surface area (Å²) in [6.07, 6.45) is 0.674. The second-order valence-corrected chi connectivity index (χ2v) is 6.05. The fourth-order valence-electron chi connectivity index (χ4n) is 2.10. The zero-order valence-corrected chi connectivity index (χ0v) is 14.3. The standard InChI is InChI=1S/C15H22N2O4S/c1-6-11-9(4)22-14(12(11)15(20)21-7-2)17-13(19)8(3)16-10(5)18/h8H,6-7H2,1-5H3,(H,16,18)(H,17,19). The van der Waals surface area contributed by atoms with E-state index in [4.69, 9.17) is 4.74 Å². The van der Waals surface area contributed by atoms with Gasteiger partial charge in [-0.3, -0.25) is 9.59 Å². The number of amides is 2. The van der Waals surface area contributed by atoms with Crippen molar-refractivity contribution in [2.45, 2.75) is 47.1 Å². The molecule has 122 valence electrons. The second-order valence-electron chi connectivity index (χ2n) is 4.83. The Morgan fingerprint density at radius 1 is 1.27 bits per heavy atom. The van der Waals surface area contributed by atoms with Gasteiger partial charge in [0.2, 0.25) is 11.8 Å². The lowest BCUT2D eigenvalue weighted by Crippen LogP contribution is -2.40. The molecule has 1 unspecified atom stereocenters. The summed E-state index contributed by atoms with van der Waals surface area (Å²) < 4.78 is 5.08. The zero-order chi connectivity index (χ0) is 16.9. The molecule has 0 saturated carbocycles. The molecule has 2 N–H and O–H groups in total. The summed E-state index contributed by atoms with van der Waals surface area (Å²) in [5.41, 5.74) is 1.29. The van der Waals surface area contributed by atoms with Crippen LogP contribution in [0, 0.1) is 6.92 Å². The predicted molar refractivity (Wildman–Crippen MR) is 86.3 cm³/mol. The van der Waals surface area contributed by atoms with Crippen LogP contribution in [-0.4, -0.2) is 30.4 Å². The molecule has 0 fully saturated rings. The average molecular weight is 326 g/mol. The quantitative estimate of drug-likeness (QED) is 0.785. The van der Waals surface area contributed by atoms with Crippen LogP contribution >= 0.6 is 11.3 Å². The molecule has 22 heavy (non-hydrogen) atoms. The highest BCUT2D eigenvalue weighted by molar-refractivity contribution is 7.16. The van der Waals surface area contributed by atoms with Crippen molar-refractivity contribution in [3.05, 3.63) is 16.0 Å². The van der Waals surface area contributed by atoms with Crippen LogP contribution in [0.15, 0.2) is 0 Å². The Morgan fingerprint density at radius 2 is 1.91 bits per heavy atom. The molecule has 0 aliphatic carbocycles. The molecule has 2 amide bonds. The maximum Gasteiger partial charge on any atom is 0.341 e. The van der Waals surface area contributed by atoms with Crippen LogP contribution in [-0.2, 0) is 20.7 Å². The molecule has 1 aromatic rings. The molecule has 1 rings (SSSR count). The number of carbonyl (C=O) groups excluding carboxylic acids is 3. The van der Waals surface area contributed by atoms with E-state index in [1.54, 1.807) is 13.8 Å². The summed E-state index contributed by atoms with van der Waals surface area (Å²) in [5.74, 6) is -1.10. The first kappa shape index (κ1) is 18.2. The molecule has 0 aromatic carbocycles. The van der Waals surface area contributed by atoms with E-state index in [9.17, 15) is 14.4 Å². The Kier molecular flexibility index (Phi) is 6.55. The van der Waals surface area contributed by atoms with Gasteiger partial charge in [0, 0.05) is 11.8 Å². The molecule has 1 heterocycles. The Labute approximate surface area is 134 Å². The number of anilines is 1. The maximum absolute atomic E-state index is 12.2. The fraction of sp³-hybridized carbons (Fsp3) is 0.533. The molecule has 1 atom stereocenters. The van der Waals surface area contributed by atoms with E-state index < -0.39 is 12.0 Å². The van der Waals surface area contributed by atoms with Gasteiger partial charge in [0.05, 0.1) is 12.2 Å². The van der Waals surface area contributed by atoms with E-state index in [-0.39, 0.29) is 18.4 Å². The van der Waals surface area contributed by atoms with E-state index >= 15 is 0 Å². The largest absolute Gasteiger partial charge is 0.462 e. The van der Waals surface area contributed by atoms with E-state index in [1.807, 2.05) is 13.8 Å². The van der Waals surface area contributed by atoms with E-state index in [2.05, 4.69) is 10.6 Å². The summed E-state index contributed by atoms with van der Waals surface area (Å²) in [5, 5.41) is 5.69. The van der Waals surface area contributed by atoms with Crippen molar-refractivity contribution in [3.63, 3.8) is 0 Å². The summed E-state index contributed by atoms with van der Waals surface area (Å²) in [7, 11) is 0. The third-order valence-corrected chi connectivity index (χ3v) is 4.15. The van der Waals surface area contributed by atoms with Crippen molar-refractivity contribution in [1.29, 1.82) is 0 Å². The number of carbonyl (C=O) groups is 3. The summed E-state index contributed by atoms with van der Waals surface area (Å²) in [4.78, 5) is 36.2. The van der Waals surface area contributed by atoms with Gasteiger partial charge in [-0.15, -0.1) is 11.3 Å². The van der Waals surface area contributed by atoms with Crippen LogP contribution in [0.3, 0.4) is 0 Å². The van der Waals surface area contributed by atoms with Gasteiger partial charge in [-0.05, 0) is 32.8 Å². The van der Waals surface area contributed by atoms with Crippen LogP contribution in [0.4, 0.5) is 5.00 Å². The molecule has 0 radical (unpaired) electrons. The zero-order valence-electron chi connectivity index (χ0n) is 13.5. The van der Waals surface area contributed by atoms with Crippen LogP contribution in [0.5, 0.6) is 0 Å². The van der Waals surface area contributed by atoms with Gasteiger partial charge in [0.1, 0.15) is 11.0 Å². The minimum absolute atomic E-state index is 0.270. The van der Waals surface area contributed by atoms with E-state index in [1.165, 1.54) is 18.3 Å². The number of rotatable bonds is 6. The van der Waals surface area contributed by atoms with Gasteiger partial charge < -0.3 is 15.4 Å². The summed E-state index contributed by atoms with van der Waals surface area (Å²) >= 11 is 1.34. The average Bonchev–Trinajstić information content (AvgIpc) is 2.73. The smallest absolute Gasteiger partial charge is 0.341 e. The maximum atomic E-state index is 12.2. The van der Waals surface area contributed by atoms with Crippen molar-refractivity contribution >= 4 is 34.1 Å². The Balaban J connectivity index is 3.06. The van der Waals surface area contributed by atoms with Crippen molar-refractivity contribution < 1.29 is 19.1 Å². The molecule has 0 saturated heterocycles. The van der Waals surface area contributed by atoms with Gasteiger partial charge in [-0.1, -0.05) is 6.92 Å². The number of thiophene rings is 1. The fourth-order valence-corrected chi connectivity index (χ4v) is 3.24. The highest BCUT2D eigenvalue weighted by Crippen LogP contribution is 2.34. The molecular weight excluding hydrogens is 304 g/mol. The number of hydrogen-bond acceptors (Lipinski definition) is 5. The van der Waals surface area contributed by atoms with Gasteiger partial charge in [-0.25, -0.2) is 4.79 Å². The van der Waals surface area contributed by atoms with Gasteiger partial charge in [0.15, 0.2) is 0 Å². The molecule has 0 spiro atoms. The third kappa shape index (κ3) is 4.30. The summed E-state index contributed by atoms with van der Waals surface area (Å²) in [6, 6.07) is -0.681. The van der Waals surface area contributed by atoms with Crippen molar-refractivity contribution in [2.24, 2.45) is 0 Å². The van der Waals surface area contributed by atoms with Gasteiger partial charge in [0.25, 0.3) is 0 Å². The van der Waals surface area contributed by atoms with Crippen LogP contribution < -0.4 is 10.6 Å². The monoisotopic (exact) mass is 326 g/mol. The van der Waals surface area contributed by atoms with Gasteiger partial charge in [-0.2, -0.15) is 0 Å². The van der Waals surface area contributed by atoms with Gasteiger partial charge >= 0.3 is 5.97 Å². The van der Waals surface area contributed by atoms with Crippen LogP contribution in [0.25, 0.3) is 0 Å². The number of nitrogens with one attached hydrogen (secondary N) is 2. The molecule has 6 nitrogen and oxygen atoms in total. The first-order valence-corrected chi connectivity index (χ1v) is 8.00. The molecule has 7 heteroatoms. The Morgan fingerprint density at radius 3 is 2.41 bits per heavy atom. The first-order valence-electron chi connectivity index (χ1n) is 7.19. The Bertz CT molecular complexity index is 580. The molecule has 0 bridgehead atoms. The minimum Gasteiger partial charge on any atom is -0.462 e. The molecule has 0 aliphatic heterocycles. The first-order chi connectivity index (χ1) is 10.3. The highest BCUT2D eigenvalue weighted by atomic mass is 32.1. The second kappa shape index (κ2) is 7.93. The lowest BCUT2D eigenvalue weighted by molar-refractivity contribution is -0.124. The number of aryl methyl sites for hydroxylation is 1. The number of ether oxygens (including phenoxy) is 1. The van der Waals surface area contributed by atoms with Crippen LogP contribution in [0.1, 0.15) is 48.5 Å². The normalized spacial score (nSPS) is 11.7. The number of esters is 1. The molecule has 0 aliphatic rings. The van der Waals surface area contributed by atoms with E-state index in [0.29, 0.717) is 17.0 Å². The molecule has 1 aromatic heterocycles. The summed E-state index contributed by atoms with van der Waals surface area (Å²) in [6.45, 7) is 8.79. The topological polar surface area (TPSA) is 84.5 Å². The third-order valence-electron chi connectivity index (χ3n) is 3.09. The predicted octanol–water partition coefficient (Wildman–Crippen LogP) is 2.26. The lowest BCUT2D eigenvalue weighted by Gasteiger charge is -2.13. The van der Waals surface area contributed by atoms with E-state index in [0.717, 1.165) is 10.4 Å². The van der Waals surface area contributed by atoms with Crippen molar-refractivity contribution in [3.8, 4) is 0 Å². The van der Waals surface area contributed by atoms with Crippen molar-refractivity contribution in [1.82, 2.24) is 5.32 Å². The molecular formula is C15H22N2O4S. The van der Waals surface area contributed by atoms with Crippen LogP contribution in [0.2, 0.25) is 0 Å². The SMILES string of the molecule is CCOC(=O)c1c(NC(=O)C(C)NC(C)=O)sc(C)c1CC.